The predicted octanol–water partition coefficient (Wildman–Crippen LogP) is 2.29. The fraction of sp³-hybridized carbons (Fsp3) is 0.353. The molecule has 128 valence electrons. The minimum Gasteiger partial charge on any atom is -0.493 e. The van der Waals surface area contributed by atoms with Gasteiger partial charge in [-0.25, -0.2) is 9.97 Å². The molecule has 0 spiro atoms. The number of rotatable bonds is 8. The van der Waals surface area contributed by atoms with Gasteiger partial charge in [0.15, 0.2) is 16.7 Å². The van der Waals surface area contributed by atoms with Gasteiger partial charge >= 0.3 is 0 Å². The van der Waals surface area contributed by atoms with Gasteiger partial charge in [-0.3, -0.25) is 4.79 Å². The molecule has 0 radical (unpaired) electrons. The average molecular weight is 347 g/mol. The Kier molecular flexibility index (Phi) is 6.87. The van der Waals surface area contributed by atoms with Crippen LogP contribution < -0.4 is 9.47 Å². The topological polar surface area (TPSA) is 64.5 Å². The largest absolute Gasteiger partial charge is 0.493 e. The number of nitrogens with zero attached hydrogens (tertiary/aromatic N) is 3. The summed E-state index contributed by atoms with van der Waals surface area (Å²) in [7, 11) is 5.02. The minimum absolute atomic E-state index is 0.0490. The SMILES string of the molecule is COc1ccc(CCN(C)C(=O)CSc2ncccn2)cc1OC. The number of thioether (sulfide) groups is 1. The summed E-state index contributed by atoms with van der Waals surface area (Å²) in [5, 5.41) is 0.610. The fourth-order valence-electron chi connectivity index (χ4n) is 2.05. The normalized spacial score (nSPS) is 10.3. The Balaban J connectivity index is 1.83. The molecule has 7 heteroatoms. The second-order valence-electron chi connectivity index (χ2n) is 5.07. The molecule has 0 saturated carbocycles. The molecule has 0 aliphatic rings. The molecule has 1 aromatic heterocycles. The van der Waals surface area contributed by atoms with Crippen molar-refractivity contribution in [3.63, 3.8) is 0 Å². The van der Waals surface area contributed by atoms with Crippen molar-refractivity contribution >= 4 is 17.7 Å². The summed E-state index contributed by atoms with van der Waals surface area (Å²) >= 11 is 1.34. The Labute approximate surface area is 146 Å². The van der Waals surface area contributed by atoms with Crippen molar-refractivity contribution in [2.24, 2.45) is 0 Å². The first-order valence-corrected chi connectivity index (χ1v) is 8.47. The standard InChI is InChI=1S/C17H21N3O3S/c1-20(16(21)12-24-17-18-8-4-9-19-17)10-7-13-5-6-14(22-2)15(11-13)23-3/h4-6,8-9,11H,7,10,12H2,1-3H3. The third-order valence-corrected chi connectivity index (χ3v) is 4.34. The highest BCUT2D eigenvalue weighted by molar-refractivity contribution is 7.99. The molecule has 0 unspecified atom stereocenters. The number of carbonyl (C=O) groups excluding carboxylic acids is 1. The minimum atomic E-state index is 0.0490. The summed E-state index contributed by atoms with van der Waals surface area (Å²) in [6, 6.07) is 7.54. The number of carbonyl (C=O) groups is 1. The molecule has 0 atom stereocenters. The summed E-state index contributed by atoms with van der Waals surface area (Å²) in [6.07, 6.45) is 4.08. The monoisotopic (exact) mass is 347 g/mol. The first kappa shape index (κ1) is 18.1. The maximum absolute atomic E-state index is 12.2. The summed E-state index contributed by atoms with van der Waals surface area (Å²) in [4.78, 5) is 22.1. The molecule has 0 saturated heterocycles. The first-order chi connectivity index (χ1) is 11.6. The van der Waals surface area contributed by atoms with Crippen LogP contribution in [0.3, 0.4) is 0 Å². The Hall–Kier alpha value is -2.28. The van der Waals surface area contributed by atoms with E-state index in [1.807, 2.05) is 18.2 Å². The van der Waals surface area contributed by atoms with E-state index in [4.69, 9.17) is 9.47 Å². The van der Waals surface area contributed by atoms with Crippen molar-refractivity contribution in [1.29, 1.82) is 0 Å². The molecular weight excluding hydrogens is 326 g/mol. The number of likely N-dealkylation sites (N-methyl/N-ethyl adjacent to an activating group) is 1. The lowest BCUT2D eigenvalue weighted by Gasteiger charge is -2.17. The molecule has 0 fully saturated rings. The van der Waals surface area contributed by atoms with E-state index in [-0.39, 0.29) is 5.91 Å². The maximum atomic E-state index is 12.2. The summed E-state index contributed by atoms with van der Waals surface area (Å²) in [5.41, 5.74) is 1.09. The Morgan fingerprint density at radius 2 is 1.88 bits per heavy atom. The lowest BCUT2D eigenvalue weighted by molar-refractivity contribution is -0.127. The number of benzene rings is 1. The molecule has 0 bridgehead atoms. The predicted molar refractivity (Wildman–Crippen MR) is 93.6 cm³/mol. The Bertz CT molecular complexity index is 667. The van der Waals surface area contributed by atoms with Crippen molar-refractivity contribution in [2.45, 2.75) is 11.6 Å². The van der Waals surface area contributed by atoms with Crippen LogP contribution in [0.15, 0.2) is 41.8 Å². The second-order valence-corrected chi connectivity index (χ2v) is 6.02. The lowest BCUT2D eigenvalue weighted by Crippen LogP contribution is -2.30. The third kappa shape index (κ3) is 5.13. The van der Waals surface area contributed by atoms with Gasteiger partial charge < -0.3 is 14.4 Å². The Morgan fingerprint density at radius 1 is 1.17 bits per heavy atom. The number of amides is 1. The van der Waals surface area contributed by atoms with Gasteiger partial charge in [-0.15, -0.1) is 0 Å². The zero-order chi connectivity index (χ0) is 17.4. The van der Waals surface area contributed by atoms with E-state index in [2.05, 4.69) is 9.97 Å². The molecular formula is C17H21N3O3S. The van der Waals surface area contributed by atoms with Crippen molar-refractivity contribution in [3.8, 4) is 11.5 Å². The fourth-order valence-corrected chi connectivity index (χ4v) is 2.80. The summed E-state index contributed by atoms with van der Waals surface area (Å²) in [5.74, 6) is 1.77. The molecule has 0 N–H and O–H groups in total. The van der Waals surface area contributed by atoms with E-state index in [1.165, 1.54) is 11.8 Å². The van der Waals surface area contributed by atoms with Gasteiger partial charge in [0.1, 0.15) is 0 Å². The quantitative estimate of drug-likeness (QED) is 0.539. The van der Waals surface area contributed by atoms with Crippen molar-refractivity contribution in [2.75, 3.05) is 33.6 Å². The summed E-state index contributed by atoms with van der Waals surface area (Å²) < 4.78 is 10.5. The summed E-state index contributed by atoms with van der Waals surface area (Å²) in [6.45, 7) is 0.629. The van der Waals surface area contributed by atoms with Crippen LogP contribution in [0.25, 0.3) is 0 Å². The van der Waals surface area contributed by atoms with E-state index in [9.17, 15) is 4.79 Å². The highest BCUT2D eigenvalue weighted by Crippen LogP contribution is 2.27. The number of ether oxygens (including phenoxy) is 2. The highest BCUT2D eigenvalue weighted by atomic mass is 32.2. The number of hydrogen-bond donors (Lipinski definition) is 0. The molecule has 1 heterocycles. The molecule has 24 heavy (non-hydrogen) atoms. The smallest absolute Gasteiger partial charge is 0.232 e. The van der Waals surface area contributed by atoms with Crippen molar-refractivity contribution in [3.05, 3.63) is 42.2 Å². The van der Waals surface area contributed by atoms with Crippen LogP contribution in [0.2, 0.25) is 0 Å². The first-order valence-electron chi connectivity index (χ1n) is 7.48. The lowest BCUT2D eigenvalue weighted by atomic mass is 10.1. The molecule has 2 rings (SSSR count). The van der Waals surface area contributed by atoms with Gasteiger partial charge in [-0.2, -0.15) is 0 Å². The zero-order valence-electron chi connectivity index (χ0n) is 14.1. The van der Waals surface area contributed by atoms with Gasteiger partial charge in [0.25, 0.3) is 0 Å². The van der Waals surface area contributed by atoms with E-state index < -0.39 is 0 Å². The maximum Gasteiger partial charge on any atom is 0.232 e. The van der Waals surface area contributed by atoms with Crippen LogP contribution in [0.4, 0.5) is 0 Å². The molecule has 0 aliphatic heterocycles. The second kappa shape index (κ2) is 9.12. The zero-order valence-corrected chi connectivity index (χ0v) is 14.9. The third-order valence-electron chi connectivity index (χ3n) is 3.48. The van der Waals surface area contributed by atoms with E-state index in [1.54, 1.807) is 44.6 Å². The van der Waals surface area contributed by atoms with Crippen molar-refractivity contribution < 1.29 is 14.3 Å². The molecule has 6 nitrogen and oxygen atoms in total. The van der Waals surface area contributed by atoms with Gasteiger partial charge in [0.05, 0.1) is 20.0 Å². The van der Waals surface area contributed by atoms with Gasteiger partial charge in [0.2, 0.25) is 5.91 Å². The molecule has 0 aliphatic carbocycles. The number of methoxy groups -OCH3 is 2. The highest BCUT2D eigenvalue weighted by Gasteiger charge is 2.11. The molecule has 1 aromatic carbocycles. The number of aromatic nitrogens is 2. The van der Waals surface area contributed by atoms with Gasteiger partial charge in [0, 0.05) is 26.0 Å². The average Bonchev–Trinajstić information content (AvgIpc) is 2.64. The van der Waals surface area contributed by atoms with E-state index >= 15 is 0 Å². The number of hydrogen-bond acceptors (Lipinski definition) is 6. The molecule has 1 amide bonds. The van der Waals surface area contributed by atoms with Crippen LogP contribution in [0, 0.1) is 0 Å². The van der Waals surface area contributed by atoms with E-state index in [0.717, 1.165) is 12.0 Å². The van der Waals surface area contributed by atoms with Crippen LogP contribution in [0.5, 0.6) is 11.5 Å². The van der Waals surface area contributed by atoms with Crippen LogP contribution in [-0.4, -0.2) is 54.3 Å². The van der Waals surface area contributed by atoms with Crippen molar-refractivity contribution in [1.82, 2.24) is 14.9 Å². The van der Waals surface area contributed by atoms with Crippen LogP contribution in [0.1, 0.15) is 5.56 Å². The Morgan fingerprint density at radius 3 is 2.54 bits per heavy atom. The van der Waals surface area contributed by atoms with E-state index in [0.29, 0.717) is 29.0 Å². The van der Waals surface area contributed by atoms with Gasteiger partial charge in [-0.05, 0) is 30.2 Å². The van der Waals surface area contributed by atoms with Crippen LogP contribution >= 0.6 is 11.8 Å². The van der Waals surface area contributed by atoms with Gasteiger partial charge in [-0.1, -0.05) is 17.8 Å². The molecule has 2 aromatic rings. The van der Waals surface area contributed by atoms with Crippen LogP contribution in [-0.2, 0) is 11.2 Å².